The van der Waals surface area contributed by atoms with E-state index in [-0.39, 0.29) is 11.4 Å². The maximum atomic E-state index is 13.1. The van der Waals surface area contributed by atoms with E-state index in [1.807, 2.05) is 36.6 Å². The molecule has 1 aliphatic heterocycles. The molecule has 1 amide bonds. The summed E-state index contributed by atoms with van der Waals surface area (Å²) in [7, 11) is -3.82. The molecule has 7 nitrogen and oxygen atoms in total. The lowest BCUT2D eigenvalue weighted by Crippen LogP contribution is -2.40. The highest BCUT2D eigenvalue weighted by Crippen LogP contribution is 2.28. The Labute approximate surface area is 196 Å². The third-order valence-corrected chi connectivity index (χ3v) is 8.61. The topological polar surface area (TPSA) is 81.0 Å². The first kappa shape index (κ1) is 23.0. The number of benzene rings is 2. The van der Waals surface area contributed by atoms with E-state index in [0.29, 0.717) is 35.8 Å². The van der Waals surface area contributed by atoms with Gasteiger partial charge in [-0.25, -0.2) is 8.42 Å². The molecule has 2 heterocycles. The predicted octanol–water partition coefficient (Wildman–Crippen LogP) is 4.06. The first-order valence-electron chi connectivity index (χ1n) is 10.5. The van der Waals surface area contributed by atoms with Crippen LogP contribution in [0.5, 0.6) is 5.75 Å². The van der Waals surface area contributed by atoms with E-state index in [1.54, 1.807) is 0 Å². The van der Waals surface area contributed by atoms with Gasteiger partial charge in [0.15, 0.2) is 4.80 Å². The van der Waals surface area contributed by atoms with Crippen LogP contribution in [0.25, 0.3) is 10.2 Å². The Balaban J connectivity index is 1.69. The number of rotatable bonds is 6. The van der Waals surface area contributed by atoms with Crippen molar-refractivity contribution < 1.29 is 17.9 Å². The number of amides is 1. The lowest BCUT2D eigenvalue weighted by atomic mass is 10.2. The minimum Gasteiger partial charge on any atom is -0.494 e. The molecule has 0 aliphatic carbocycles. The fraction of sp³-hybridized carbons (Fsp3) is 0.364. The zero-order valence-electron chi connectivity index (χ0n) is 17.8. The van der Waals surface area contributed by atoms with Crippen molar-refractivity contribution in [2.45, 2.75) is 44.2 Å². The molecule has 32 heavy (non-hydrogen) atoms. The van der Waals surface area contributed by atoms with E-state index in [2.05, 4.69) is 4.99 Å². The van der Waals surface area contributed by atoms with E-state index in [9.17, 15) is 13.2 Å². The van der Waals surface area contributed by atoms with Gasteiger partial charge in [0.2, 0.25) is 10.0 Å². The van der Waals surface area contributed by atoms with Crippen molar-refractivity contribution in [2.24, 2.45) is 4.99 Å². The maximum Gasteiger partial charge on any atom is 0.266 e. The Morgan fingerprint density at radius 2 is 1.97 bits per heavy atom. The van der Waals surface area contributed by atoms with E-state index < -0.39 is 22.0 Å². The first-order valence-corrected chi connectivity index (χ1v) is 13.1. The van der Waals surface area contributed by atoms with Gasteiger partial charge in [-0.05, 0) is 69.2 Å². The molecule has 1 saturated heterocycles. The fourth-order valence-corrected chi connectivity index (χ4v) is 6.79. The van der Waals surface area contributed by atoms with Gasteiger partial charge in [0.1, 0.15) is 11.8 Å². The van der Waals surface area contributed by atoms with Gasteiger partial charge < -0.3 is 9.30 Å². The number of sulfonamides is 1. The number of carbonyl (C=O) groups is 1. The van der Waals surface area contributed by atoms with Gasteiger partial charge in [-0.3, -0.25) is 4.79 Å². The Morgan fingerprint density at radius 1 is 1.22 bits per heavy atom. The normalized spacial score (nSPS) is 17.8. The number of ether oxygens (including phenoxy) is 1. The average molecular weight is 494 g/mol. The summed E-state index contributed by atoms with van der Waals surface area (Å²) in [6.45, 7) is 5.40. The van der Waals surface area contributed by atoms with Gasteiger partial charge in [-0.15, -0.1) is 0 Å². The smallest absolute Gasteiger partial charge is 0.266 e. The third kappa shape index (κ3) is 4.34. The summed E-state index contributed by atoms with van der Waals surface area (Å²) in [6, 6.07) is 11.0. The van der Waals surface area contributed by atoms with Gasteiger partial charge in [-0.2, -0.15) is 9.30 Å². The molecule has 1 unspecified atom stereocenters. The highest BCUT2D eigenvalue weighted by atomic mass is 35.5. The molecule has 0 N–H and O–H groups in total. The maximum absolute atomic E-state index is 13.1. The van der Waals surface area contributed by atoms with Gasteiger partial charge in [0.25, 0.3) is 5.91 Å². The average Bonchev–Trinajstić information content (AvgIpc) is 3.39. The Kier molecular flexibility index (Phi) is 6.71. The van der Waals surface area contributed by atoms with Crippen molar-refractivity contribution >= 4 is 49.1 Å². The largest absolute Gasteiger partial charge is 0.494 e. The highest BCUT2D eigenvalue weighted by molar-refractivity contribution is 7.89. The van der Waals surface area contributed by atoms with E-state index in [4.69, 9.17) is 16.3 Å². The standard InChI is InChI=1S/C22H24ClN3O4S2/c1-3-25-18-12-9-16(30-4-2)14-20(18)31-22(25)24-21(27)19-6-5-13-26(19)32(28,29)17-10-7-15(23)8-11-17/h7-12,14,19H,3-6,13H2,1-2H3. The molecular weight excluding hydrogens is 470 g/mol. The number of nitrogens with zero attached hydrogens (tertiary/aromatic N) is 3. The zero-order chi connectivity index (χ0) is 22.9. The molecule has 1 aliphatic rings. The van der Waals surface area contributed by atoms with Crippen LogP contribution in [0.15, 0.2) is 52.4 Å². The Bertz CT molecular complexity index is 1310. The lowest BCUT2D eigenvalue weighted by molar-refractivity contribution is -0.121. The Morgan fingerprint density at radius 3 is 2.66 bits per heavy atom. The molecule has 0 saturated carbocycles. The molecule has 3 aromatic rings. The van der Waals surface area contributed by atoms with Crippen LogP contribution in [-0.2, 0) is 21.4 Å². The van der Waals surface area contributed by atoms with Crippen LogP contribution in [0, 0.1) is 0 Å². The summed E-state index contributed by atoms with van der Waals surface area (Å²) in [5.74, 6) is 0.317. The van der Waals surface area contributed by atoms with E-state index in [0.717, 1.165) is 16.0 Å². The first-order chi connectivity index (χ1) is 15.3. The number of hydrogen-bond donors (Lipinski definition) is 0. The van der Waals surface area contributed by atoms with Crippen molar-refractivity contribution in [3.63, 3.8) is 0 Å². The summed E-state index contributed by atoms with van der Waals surface area (Å²) in [5, 5.41) is 0.453. The third-order valence-electron chi connectivity index (χ3n) is 5.40. The number of fused-ring (bicyclic) bond motifs is 1. The van der Waals surface area contributed by atoms with Gasteiger partial charge >= 0.3 is 0 Å². The molecule has 4 rings (SSSR count). The fourth-order valence-electron chi connectivity index (χ4n) is 3.89. The second kappa shape index (κ2) is 9.35. The van der Waals surface area contributed by atoms with Crippen LogP contribution in [0.1, 0.15) is 26.7 Å². The molecule has 0 radical (unpaired) electrons. The Hall–Kier alpha value is -2.20. The summed E-state index contributed by atoms with van der Waals surface area (Å²) < 4.78 is 36.1. The number of aryl methyl sites for hydroxylation is 1. The van der Waals surface area contributed by atoms with Crippen LogP contribution >= 0.6 is 22.9 Å². The van der Waals surface area contributed by atoms with Crippen LogP contribution in [0.3, 0.4) is 0 Å². The van der Waals surface area contributed by atoms with Crippen LogP contribution in [-0.4, -0.2) is 42.4 Å². The molecule has 10 heteroatoms. The second-order valence-electron chi connectivity index (χ2n) is 7.37. The van der Waals surface area contributed by atoms with Crippen LogP contribution in [0.4, 0.5) is 0 Å². The van der Waals surface area contributed by atoms with Gasteiger partial charge in [0.05, 0.1) is 21.7 Å². The highest BCUT2D eigenvalue weighted by Gasteiger charge is 2.39. The van der Waals surface area contributed by atoms with Crippen molar-refractivity contribution in [3.05, 3.63) is 52.3 Å². The number of carbonyl (C=O) groups excluding carboxylic acids is 1. The summed E-state index contributed by atoms with van der Waals surface area (Å²) in [5.41, 5.74) is 0.963. The lowest BCUT2D eigenvalue weighted by Gasteiger charge is -2.21. The number of hydrogen-bond acceptors (Lipinski definition) is 5. The molecular formula is C22H24ClN3O4S2. The summed E-state index contributed by atoms with van der Waals surface area (Å²) >= 11 is 7.29. The minimum absolute atomic E-state index is 0.121. The number of halogens is 1. The summed E-state index contributed by atoms with van der Waals surface area (Å²) in [4.78, 5) is 18.2. The van der Waals surface area contributed by atoms with Crippen molar-refractivity contribution in [2.75, 3.05) is 13.2 Å². The molecule has 1 atom stereocenters. The molecule has 0 bridgehead atoms. The number of thiazole rings is 1. The van der Waals surface area contributed by atoms with Crippen LogP contribution in [0.2, 0.25) is 5.02 Å². The van der Waals surface area contributed by atoms with Crippen molar-refractivity contribution in [1.82, 2.24) is 8.87 Å². The SMILES string of the molecule is CCOc1ccc2c(c1)sc(=NC(=O)C1CCCN1S(=O)(=O)c1ccc(Cl)cc1)n2CC. The monoisotopic (exact) mass is 493 g/mol. The number of aromatic nitrogens is 1. The molecule has 2 aromatic carbocycles. The zero-order valence-corrected chi connectivity index (χ0v) is 20.2. The predicted molar refractivity (Wildman–Crippen MR) is 126 cm³/mol. The van der Waals surface area contributed by atoms with Gasteiger partial charge in [0, 0.05) is 18.1 Å². The van der Waals surface area contributed by atoms with E-state index in [1.165, 1.54) is 39.9 Å². The summed E-state index contributed by atoms with van der Waals surface area (Å²) in [6.07, 6.45) is 1.05. The second-order valence-corrected chi connectivity index (χ2v) is 10.7. The molecule has 0 spiro atoms. The van der Waals surface area contributed by atoms with Crippen molar-refractivity contribution in [3.8, 4) is 5.75 Å². The molecule has 1 fully saturated rings. The molecule has 1 aromatic heterocycles. The molecule has 170 valence electrons. The van der Waals surface area contributed by atoms with E-state index >= 15 is 0 Å². The van der Waals surface area contributed by atoms with Crippen molar-refractivity contribution in [1.29, 1.82) is 0 Å². The van der Waals surface area contributed by atoms with Gasteiger partial charge in [-0.1, -0.05) is 22.9 Å². The van der Waals surface area contributed by atoms with Crippen LogP contribution < -0.4 is 9.54 Å². The quantitative estimate of drug-likeness (QED) is 0.518. The minimum atomic E-state index is -3.82.